The monoisotopic (exact) mass is 1440 g/mol. The van der Waals surface area contributed by atoms with E-state index in [0.29, 0.717) is 58.8 Å². The third-order valence-corrected chi connectivity index (χ3v) is 23.6. The van der Waals surface area contributed by atoms with Crippen LogP contribution in [0.4, 0.5) is 0 Å². The lowest BCUT2D eigenvalue weighted by atomic mass is 9.78. The van der Waals surface area contributed by atoms with Crippen LogP contribution >= 0.6 is 0 Å². The summed E-state index contributed by atoms with van der Waals surface area (Å²) in [5.74, 6) is 2.59. The maximum absolute atomic E-state index is 11.8. The van der Waals surface area contributed by atoms with Gasteiger partial charge in [0.05, 0.1) is 6.04 Å². The van der Waals surface area contributed by atoms with Crippen molar-refractivity contribution in [3.63, 3.8) is 0 Å². The van der Waals surface area contributed by atoms with Crippen molar-refractivity contribution < 1.29 is 24.0 Å². The minimum Gasteiger partial charge on any atom is -0.372 e. The largest absolute Gasteiger partial charge is 0.372 e. The van der Waals surface area contributed by atoms with E-state index in [1.165, 1.54) is 54.4 Å². The van der Waals surface area contributed by atoms with E-state index in [9.17, 15) is 24.0 Å². The molecule has 0 bridgehead atoms. The number of carbonyl (C=O) groups is 5. The molecule has 104 heavy (non-hydrogen) atoms. The van der Waals surface area contributed by atoms with Crippen LogP contribution in [0.5, 0.6) is 0 Å². The Balaban J connectivity index is 0.000000175. The quantitative estimate of drug-likeness (QED) is 0.267. The lowest BCUT2D eigenvalue weighted by molar-refractivity contribution is -0.117. The van der Waals surface area contributed by atoms with Gasteiger partial charge in [0.25, 0.3) is 0 Å². The zero-order chi connectivity index (χ0) is 76.9. The highest BCUT2D eigenvalue weighted by Crippen LogP contribution is 2.37. The van der Waals surface area contributed by atoms with Gasteiger partial charge in [0.15, 0.2) is 28.9 Å². The van der Waals surface area contributed by atoms with Crippen molar-refractivity contribution in [3.05, 3.63) is 76.8 Å². The second kappa shape index (κ2) is 36.9. The highest BCUT2D eigenvalue weighted by atomic mass is 16.1. The smallest absolute Gasteiger partial charge is 0.160 e. The number of likely N-dealkylation sites (tertiary alicyclic amines) is 1. The summed E-state index contributed by atoms with van der Waals surface area (Å²) in [4.78, 5) is 85.3. The van der Waals surface area contributed by atoms with Crippen LogP contribution in [-0.4, -0.2) is 270 Å². The molecule has 12 rings (SSSR count). The van der Waals surface area contributed by atoms with E-state index in [0.717, 1.165) is 201 Å². The number of hydrogen-bond donors (Lipinski definition) is 0. The first-order valence-electron chi connectivity index (χ1n) is 40.7. The average molecular weight is 1450 g/mol. The van der Waals surface area contributed by atoms with Crippen LogP contribution in [0.2, 0.25) is 0 Å². The van der Waals surface area contributed by atoms with Crippen LogP contribution in [0.25, 0.3) is 0 Å². The van der Waals surface area contributed by atoms with Crippen molar-refractivity contribution in [3.8, 4) is 0 Å². The van der Waals surface area contributed by atoms with E-state index in [2.05, 4.69) is 222 Å². The molecule has 0 aromatic carbocycles. The van der Waals surface area contributed by atoms with Crippen LogP contribution in [-0.2, 0) is 24.0 Å². The SMILES string of the molecule is CC(C)(C)N1CCC(n2cccn2)CC1.CC(C)(C)N1CCN(C2=CC(=O)CCC2)CC1.CC1(C)CC(=O)C=C(N2CCN(C(C)(C)C)CC2)C1.CC1=C(N2CCN(C(C)(C)C)CC2)CCC1=O.CC1CC(=O)C=C(N2CCN(C(C)(C)C)CC2)C1.CC1CC(=O)C=C(N2CCN(C(C)(C)C)CC2)C1. The van der Waals surface area contributed by atoms with Gasteiger partial charge in [0.1, 0.15) is 0 Å². The molecule has 11 aliphatic rings. The third kappa shape index (κ3) is 26.7. The number of piperazine rings is 5. The van der Waals surface area contributed by atoms with E-state index in [-0.39, 0.29) is 33.1 Å². The summed E-state index contributed by atoms with van der Waals surface area (Å²) in [6.45, 7) is 75.7. The first-order valence-corrected chi connectivity index (χ1v) is 40.7. The topological polar surface area (TPSA) is 139 Å². The van der Waals surface area contributed by atoms with Gasteiger partial charge in [0.2, 0.25) is 0 Å². The fourth-order valence-electron chi connectivity index (χ4n) is 16.9. The van der Waals surface area contributed by atoms with Gasteiger partial charge in [-0.25, -0.2) is 0 Å². The van der Waals surface area contributed by atoms with Crippen LogP contribution in [0.1, 0.15) is 249 Å². The number of rotatable bonds is 6. The van der Waals surface area contributed by atoms with Crippen LogP contribution in [0, 0.1) is 17.3 Å². The average Bonchev–Trinajstić information content (AvgIpc) is 1.19. The fourth-order valence-corrected chi connectivity index (χ4v) is 16.9. The number of ketones is 5. The first-order chi connectivity index (χ1) is 48.3. The summed E-state index contributed by atoms with van der Waals surface area (Å²) in [5.41, 5.74) is 9.14. The Morgan fingerprint density at radius 1 is 0.365 bits per heavy atom. The van der Waals surface area contributed by atoms with E-state index in [1.807, 2.05) is 43.5 Å². The summed E-state index contributed by atoms with van der Waals surface area (Å²) in [5, 5.41) is 4.33. The number of hydrogen-bond acceptors (Lipinski definition) is 17. The molecule has 18 heteroatoms. The minimum absolute atomic E-state index is 0.127. The molecule has 6 saturated heterocycles. The molecule has 0 radical (unpaired) electrons. The van der Waals surface area contributed by atoms with Gasteiger partial charge >= 0.3 is 0 Å². The summed E-state index contributed by atoms with van der Waals surface area (Å²) < 4.78 is 2.11. The predicted octanol–water partition coefficient (Wildman–Crippen LogP) is 13.6. The van der Waals surface area contributed by atoms with Crippen LogP contribution < -0.4 is 0 Å². The lowest BCUT2D eigenvalue weighted by Crippen LogP contribution is -2.53. The number of Topliss-reactive ketones (excluding diaryl/α,β-unsaturated/α-hetero) is 1. The zero-order valence-electron chi connectivity index (χ0n) is 70.4. The molecular formula is C86H149N13O5. The molecule has 0 amide bonds. The Kier molecular flexibility index (Phi) is 30.6. The zero-order valence-corrected chi connectivity index (χ0v) is 70.4. The van der Waals surface area contributed by atoms with E-state index >= 15 is 0 Å². The highest BCUT2D eigenvalue weighted by Gasteiger charge is 2.37. The Bertz CT molecular complexity index is 3030. The molecule has 6 fully saturated rings. The van der Waals surface area contributed by atoms with Crippen LogP contribution in [0.15, 0.2) is 76.8 Å². The maximum atomic E-state index is 11.8. The van der Waals surface area contributed by atoms with Gasteiger partial charge in [-0.05, 0) is 206 Å². The van der Waals surface area contributed by atoms with Crippen molar-refractivity contribution in [1.82, 2.24) is 63.7 Å². The van der Waals surface area contributed by atoms with Crippen molar-refractivity contribution in [2.45, 2.75) is 282 Å². The second-order valence-electron chi connectivity index (χ2n) is 38.9. The Morgan fingerprint density at radius 3 is 1.02 bits per heavy atom. The Labute approximate surface area is 633 Å². The molecule has 0 saturated carbocycles. The molecule has 1 aromatic heterocycles. The van der Waals surface area contributed by atoms with E-state index in [1.54, 1.807) is 0 Å². The molecule has 18 nitrogen and oxygen atoms in total. The van der Waals surface area contributed by atoms with Crippen molar-refractivity contribution in [1.29, 1.82) is 0 Å². The minimum atomic E-state index is 0.127. The molecule has 2 atom stereocenters. The molecule has 588 valence electrons. The van der Waals surface area contributed by atoms with Gasteiger partial charge in [-0.3, -0.25) is 58.1 Å². The van der Waals surface area contributed by atoms with Gasteiger partial charge < -0.3 is 24.5 Å². The standard InChI is InChI=1S/C16H28N2O.2C15H26N2O.2C14H24N2O.C12H21N3/c1-15(2,3)18-8-6-17(7-9-18)13-10-14(19)12-16(4,5)11-13;2*1-12-9-13(11-14(18)10-12)16-5-7-17(8-6-16)15(2,3)4;1-11-12(5-6-13(11)17)15-7-9-16(10-8-15)14(2,3)4;1-14(2,3)16-9-7-15(8-10-16)12-5-4-6-13(17)11-12;1-12(2,3)14-9-5-11(6-10-14)15-8-4-7-13-15/h10H,6-9,11-12H2,1-5H3;2*11-12H,5-10H2,1-4H3;5-10H2,1-4H3;11H,4-10H2,1-3H3;4,7-8,11H,5-6,9-10H2,1-3H3. The summed E-state index contributed by atoms with van der Waals surface area (Å²) in [7, 11) is 0. The number of carbonyl (C=O) groups excluding carboxylic acids is 5. The summed E-state index contributed by atoms with van der Waals surface area (Å²) >= 11 is 0. The van der Waals surface area contributed by atoms with E-state index in [4.69, 9.17) is 0 Å². The van der Waals surface area contributed by atoms with Gasteiger partial charge in [0, 0.05) is 280 Å². The number of piperidine rings is 1. The van der Waals surface area contributed by atoms with Crippen molar-refractivity contribution in [2.24, 2.45) is 17.3 Å². The first kappa shape index (κ1) is 86.3. The van der Waals surface area contributed by atoms with Crippen LogP contribution in [0.3, 0.4) is 0 Å². The number of allylic oxidation sites excluding steroid dienone is 10. The van der Waals surface area contributed by atoms with Crippen molar-refractivity contribution in [2.75, 3.05) is 144 Å². The Morgan fingerprint density at radius 2 is 0.702 bits per heavy atom. The molecule has 7 heterocycles. The maximum Gasteiger partial charge on any atom is 0.160 e. The number of aromatic nitrogens is 2. The summed E-state index contributed by atoms with van der Waals surface area (Å²) in [6.07, 6.45) is 23.8. The fraction of sp³-hybridized carbons (Fsp3) is 0.791. The molecule has 6 aliphatic heterocycles. The molecule has 2 unspecified atom stereocenters. The predicted molar refractivity (Wildman–Crippen MR) is 429 cm³/mol. The molecule has 1 aromatic rings. The normalized spacial score (nSPS) is 24.9. The highest BCUT2D eigenvalue weighted by molar-refractivity contribution is 5.98. The molecule has 5 aliphatic carbocycles. The molecule has 0 N–H and O–H groups in total. The molecular weight excluding hydrogens is 1300 g/mol. The van der Waals surface area contributed by atoms with Gasteiger partial charge in [-0.2, -0.15) is 5.10 Å². The summed E-state index contributed by atoms with van der Waals surface area (Å²) in [6, 6.07) is 2.62. The lowest BCUT2D eigenvalue weighted by Gasteiger charge is -2.45. The number of nitrogens with zero attached hydrogens (tertiary/aromatic N) is 13. The second-order valence-corrected chi connectivity index (χ2v) is 38.9. The Hall–Kier alpha value is -4.98. The van der Waals surface area contributed by atoms with Crippen molar-refractivity contribution >= 4 is 28.9 Å². The third-order valence-electron chi connectivity index (χ3n) is 23.6. The van der Waals surface area contributed by atoms with E-state index < -0.39 is 0 Å². The molecule has 0 spiro atoms. The van der Waals surface area contributed by atoms with Gasteiger partial charge in [-0.15, -0.1) is 0 Å². The van der Waals surface area contributed by atoms with Gasteiger partial charge in [-0.1, -0.05) is 27.7 Å².